The highest BCUT2D eigenvalue weighted by Crippen LogP contribution is 2.35. The molecule has 3 nitrogen and oxygen atoms in total. The van der Waals surface area contributed by atoms with Gasteiger partial charge in [0.05, 0.1) is 18.7 Å². The zero-order valence-corrected chi connectivity index (χ0v) is 11.0. The summed E-state index contributed by atoms with van der Waals surface area (Å²) in [6, 6.07) is 3.45. The molecule has 0 aliphatic heterocycles. The van der Waals surface area contributed by atoms with Gasteiger partial charge in [0.2, 0.25) is 0 Å². The Balaban J connectivity index is 2.48. The van der Waals surface area contributed by atoms with Crippen molar-refractivity contribution in [2.75, 3.05) is 7.11 Å². The molecule has 1 aromatic heterocycles. The summed E-state index contributed by atoms with van der Waals surface area (Å²) >= 11 is 0. The largest absolute Gasteiger partial charge is 0.494 e. The molecule has 0 aliphatic carbocycles. The lowest BCUT2D eigenvalue weighted by Gasteiger charge is -2.18. The van der Waals surface area contributed by atoms with E-state index >= 15 is 0 Å². The molecule has 112 valence electrons. The molecule has 1 unspecified atom stereocenters. The number of benzene rings is 1. The predicted molar refractivity (Wildman–Crippen MR) is 68.2 cm³/mol. The summed E-state index contributed by atoms with van der Waals surface area (Å²) in [4.78, 5) is 3.68. The Kier molecular flexibility index (Phi) is 4.13. The summed E-state index contributed by atoms with van der Waals surface area (Å²) in [6.07, 6.45) is -2.44. The van der Waals surface area contributed by atoms with Gasteiger partial charge in [0.25, 0.3) is 0 Å². The minimum absolute atomic E-state index is 0.0830. The average molecular weight is 300 g/mol. The summed E-state index contributed by atoms with van der Waals surface area (Å²) in [5, 5.41) is 0. The number of nitrogens with zero attached hydrogens (tertiary/aromatic N) is 1. The molecule has 2 rings (SSSR count). The van der Waals surface area contributed by atoms with Crippen LogP contribution in [0.3, 0.4) is 0 Å². The van der Waals surface area contributed by atoms with Gasteiger partial charge in [-0.1, -0.05) is 6.07 Å². The molecule has 21 heavy (non-hydrogen) atoms. The molecule has 0 amide bonds. The normalized spacial score (nSPS) is 13.0. The van der Waals surface area contributed by atoms with E-state index in [1.807, 2.05) is 0 Å². The maximum Gasteiger partial charge on any atom is 0.416 e. The van der Waals surface area contributed by atoms with Gasteiger partial charge in [0, 0.05) is 18.0 Å². The Morgan fingerprint density at radius 2 is 1.95 bits per heavy atom. The number of hydrogen-bond acceptors (Lipinski definition) is 3. The Labute approximate surface area is 118 Å². The number of nitrogens with two attached hydrogens (primary N) is 1. The molecule has 0 saturated heterocycles. The summed E-state index contributed by atoms with van der Waals surface area (Å²) in [6.45, 7) is 0. The van der Waals surface area contributed by atoms with Crippen LogP contribution in [0.25, 0.3) is 0 Å². The maximum absolute atomic E-state index is 13.3. The Morgan fingerprint density at radius 3 is 2.57 bits per heavy atom. The molecule has 2 N–H and O–H groups in total. The van der Waals surface area contributed by atoms with Crippen molar-refractivity contribution in [3.05, 3.63) is 59.2 Å². The van der Waals surface area contributed by atoms with Gasteiger partial charge >= 0.3 is 6.18 Å². The van der Waals surface area contributed by atoms with Crippen molar-refractivity contribution in [2.24, 2.45) is 5.73 Å². The predicted octanol–water partition coefficient (Wildman–Crippen LogP) is 3.30. The lowest BCUT2D eigenvalue weighted by molar-refractivity contribution is -0.138. The van der Waals surface area contributed by atoms with Gasteiger partial charge in [-0.2, -0.15) is 13.2 Å². The Hall–Kier alpha value is -2.15. The Morgan fingerprint density at radius 1 is 1.24 bits per heavy atom. The van der Waals surface area contributed by atoms with Crippen molar-refractivity contribution in [3.63, 3.8) is 0 Å². The molecule has 0 spiro atoms. The fraction of sp³-hybridized carbons (Fsp3) is 0.214. The third kappa shape index (κ3) is 3.13. The van der Waals surface area contributed by atoms with Crippen LogP contribution in [0.1, 0.15) is 22.7 Å². The molecule has 0 radical (unpaired) electrons. The van der Waals surface area contributed by atoms with Crippen LogP contribution < -0.4 is 10.5 Å². The first-order valence-electron chi connectivity index (χ1n) is 5.94. The van der Waals surface area contributed by atoms with Gasteiger partial charge in [-0.25, -0.2) is 4.39 Å². The van der Waals surface area contributed by atoms with Crippen molar-refractivity contribution >= 4 is 0 Å². The fourth-order valence-corrected chi connectivity index (χ4v) is 1.96. The van der Waals surface area contributed by atoms with Gasteiger partial charge in [-0.15, -0.1) is 0 Å². The van der Waals surface area contributed by atoms with E-state index in [0.717, 1.165) is 24.5 Å². The van der Waals surface area contributed by atoms with Gasteiger partial charge in [-0.3, -0.25) is 4.98 Å². The lowest BCUT2D eigenvalue weighted by Crippen LogP contribution is -2.19. The highest BCUT2D eigenvalue weighted by atomic mass is 19.4. The number of alkyl halides is 3. The fourth-order valence-electron chi connectivity index (χ4n) is 1.96. The van der Waals surface area contributed by atoms with Crippen LogP contribution in [0, 0.1) is 5.82 Å². The zero-order valence-electron chi connectivity index (χ0n) is 11.0. The van der Waals surface area contributed by atoms with E-state index in [0.29, 0.717) is 5.56 Å². The van der Waals surface area contributed by atoms with Gasteiger partial charge < -0.3 is 10.5 Å². The number of aromatic nitrogens is 1. The van der Waals surface area contributed by atoms with Crippen LogP contribution in [0.15, 0.2) is 36.7 Å². The molecule has 1 atom stereocenters. The number of methoxy groups -OCH3 is 1. The summed E-state index contributed by atoms with van der Waals surface area (Å²) in [5.74, 6) is -0.698. The van der Waals surface area contributed by atoms with Crippen molar-refractivity contribution in [2.45, 2.75) is 12.2 Å². The smallest absolute Gasteiger partial charge is 0.416 e. The van der Waals surface area contributed by atoms with E-state index in [1.165, 1.54) is 19.2 Å². The molecule has 0 bridgehead atoms. The van der Waals surface area contributed by atoms with Crippen molar-refractivity contribution in [3.8, 4) is 5.75 Å². The van der Waals surface area contributed by atoms with E-state index in [1.54, 1.807) is 0 Å². The number of rotatable bonds is 3. The van der Waals surface area contributed by atoms with E-state index < -0.39 is 23.6 Å². The number of ether oxygens (including phenoxy) is 1. The topological polar surface area (TPSA) is 48.1 Å². The standard InChI is InChI=1S/C14H12F4N2O/c1-21-12-6-8(2-3-11(12)15)13(19)9-7-20-5-4-10(9)14(16,17)18/h2-7,13H,19H2,1H3. The van der Waals surface area contributed by atoms with Crippen LogP contribution >= 0.6 is 0 Å². The number of halogens is 4. The molecule has 2 aromatic rings. The minimum atomic E-state index is -4.54. The van der Waals surface area contributed by atoms with Gasteiger partial charge in [0.1, 0.15) is 0 Å². The van der Waals surface area contributed by atoms with Crippen LogP contribution in [0.4, 0.5) is 17.6 Å². The van der Waals surface area contributed by atoms with Crippen LogP contribution in [0.5, 0.6) is 5.75 Å². The molecular weight excluding hydrogens is 288 g/mol. The van der Waals surface area contributed by atoms with E-state index in [4.69, 9.17) is 10.5 Å². The third-order valence-electron chi connectivity index (χ3n) is 3.03. The number of hydrogen-bond donors (Lipinski definition) is 1. The molecule has 0 saturated carbocycles. The van der Waals surface area contributed by atoms with Crippen LogP contribution in [-0.2, 0) is 6.18 Å². The van der Waals surface area contributed by atoms with E-state index in [-0.39, 0.29) is 11.3 Å². The average Bonchev–Trinajstić information content (AvgIpc) is 2.46. The summed E-state index contributed by atoms with van der Waals surface area (Å²) < 4.78 is 57.0. The first-order valence-corrected chi connectivity index (χ1v) is 5.94. The quantitative estimate of drug-likeness (QED) is 0.885. The third-order valence-corrected chi connectivity index (χ3v) is 3.03. The van der Waals surface area contributed by atoms with E-state index in [2.05, 4.69) is 4.98 Å². The van der Waals surface area contributed by atoms with Crippen LogP contribution in [0.2, 0.25) is 0 Å². The highest BCUT2D eigenvalue weighted by Gasteiger charge is 2.35. The maximum atomic E-state index is 13.3. The molecule has 1 aromatic carbocycles. The first kappa shape index (κ1) is 15.2. The van der Waals surface area contributed by atoms with Crippen molar-refractivity contribution in [1.82, 2.24) is 4.98 Å². The highest BCUT2D eigenvalue weighted by molar-refractivity contribution is 5.40. The van der Waals surface area contributed by atoms with Crippen molar-refractivity contribution < 1.29 is 22.3 Å². The van der Waals surface area contributed by atoms with Crippen molar-refractivity contribution in [1.29, 1.82) is 0 Å². The minimum Gasteiger partial charge on any atom is -0.494 e. The first-order chi connectivity index (χ1) is 9.84. The molecule has 0 fully saturated rings. The SMILES string of the molecule is COc1cc(C(N)c2cnccc2C(F)(F)F)ccc1F. The lowest BCUT2D eigenvalue weighted by atomic mass is 9.96. The zero-order chi connectivity index (χ0) is 15.6. The monoisotopic (exact) mass is 300 g/mol. The Bertz CT molecular complexity index is 643. The summed E-state index contributed by atoms with van der Waals surface area (Å²) in [5.41, 5.74) is 5.12. The molecule has 0 aliphatic rings. The van der Waals surface area contributed by atoms with Crippen LogP contribution in [-0.4, -0.2) is 12.1 Å². The van der Waals surface area contributed by atoms with Gasteiger partial charge in [-0.05, 0) is 23.8 Å². The van der Waals surface area contributed by atoms with Gasteiger partial charge in [0.15, 0.2) is 11.6 Å². The second-order valence-electron chi connectivity index (χ2n) is 4.33. The summed E-state index contributed by atoms with van der Waals surface area (Å²) in [7, 11) is 1.26. The molecular formula is C14H12F4N2O. The molecule has 7 heteroatoms. The number of pyridine rings is 1. The second kappa shape index (κ2) is 5.69. The molecule has 1 heterocycles. The second-order valence-corrected chi connectivity index (χ2v) is 4.33. The van der Waals surface area contributed by atoms with E-state index in [9.17, 15) is 17.6 Å².